The predicted molar refractivity (Wildman–Crippen MR) is 130 cm³/mol. The Bertz CT molecular complexity index is 842. The van der Waals surface area contributed by atoms with Crippen LogP contribution in [0.1, 0.15) is 64.7 Å². The van der Waals surface area contributed by atoms with Crippen molar-refractivity contribution in [3.63, 3.8) is 0 Å². The molecule has 0 aromatic heterocycles. The number of aliphatic hydroxyl groups excluding tert-OH is 1. The summed E-state index contributed by atoms with van der Waals surface area (Å²) in [5, 5.41) is 9.17. The maximum absolute atomic E-state index is 14.0. The number of unbranched alkanes of at least 4 members (excludes halogenated alkanes) is 4. The van der Waals surface area contributed by atoms with E-state index in [1.54, 1.807) is 4.90 Å². The van der Waals surface area contributed by atoms with Crippen LogP contribution in [0, 0.1) is 11.8 Å². The van der Waals surface area contributed by atoms with Gasteiger partial charge in [-0.1, -0.05) is 44.1 Å². The van der Waals surface area contributed by atoms with Crippen LogP contribution < -0.4 is 0 Å². The number of aliphatic hydroxyl groups is 1. The van der Waals surface area contributed by atoms with E-state index in [1.807, 2.05) is 29.2 Å². The summed E-state index contributed by atoms with van der Waals surface area (Å²) in [5.74, 6) is -2.29. The van der Waals surface area contributed by atoms with Crippen LogP contribution in [-0.2, 0) is 23.9 Å². The van der Waals surface area contributed by atoms with Gasteiger partial charge in [-0.15, -0.1) is 0 Å². The van der Waals surface area contributed by atoms with Gasteiger partial charge in [0, 0.05) is 26.2 Å². The lowest BCUT2D eigenvalue weighted by Crippen LogP contribution is -2.55. The standard InChI is InChI=1S/C27H40N2O6/c1-2-3-8-15-28-16-12-14-27-22(21-20(35-27)13-7-4-5-11-19-34-26(21)33)24(31)29(23(27)25(28)32)17-9-6-10-18-30/h7,12-14,20-23,30H,2-6,8-11,15-19H2,1H3/b13-7-/t20-,21+,22-,23?,27-/m0/s1. The molecule has 4 heterocycles. The van der Waals surface area contributed by atoms with Crippen molar-refractivity contribution in [2.24, 2.45) is 11.8 Å². The van der Waals surface area contributed by atoms with Crippen molar-refractivity contribution in [3.8, 4) is 0 Å². The third-order valence-electron chi connectivity index (χ3n) is 7.77. The lowest BCUT2D eigenvalue weighted by molar-refractivity contribution is -0.155. The second-order valence-electron chi connectivity index (χ2n) is 10.1. The molecule has 5 atom stereocenters. The molecule has 8 heteroatoms. The van der Waals surface area contributed by atoms with E-state index >= 15 is 0 Å². The maximum atomic E-state index is 14.0. The van der Waals surface area contributed by atoms with Crippen molar-refractivity contribution in [3.05, 3.63) is 24.3 Å². The van der Waals surface area contributed by atoms with Gasteiger partial charge in [-0.25, -0.2) is 0 Å². The van der Waals surface area contributed by atoms with E-state index in [9.17, 15) is 14.4 Å². The molecule has 1 unspecified atom stereocenters. The first-order chi connectivity index (χ1) is 17.0. The molecule has 0 aromatic carbocycles. The third-order valence-corrected chi connectivity index (χ3v) is 7.77. The number of rotatable bonds is 9. The summed E-state index contributed by atoms with van der Waals surface area (Å²) in [4.78, 5) is 44.6. The fraction of sp³-hybridized carbons (Fsp3) is 0.741. The number of likely N-dealkylation sites (tertiary alicyclic amines) is 1. The molecule has 4 rings (SSSR count). The first kappa shape index (κ1) is 25.9. The minimum Gasteiger partial charge on any atom is -0.465 e. The summed E-state index contributed by atoms with van der Waals surface area (Å²) in [7, 11) is 0. The number of hydrogen-bond acceptors (Lipinski definition) is 6. The van der Waals surface area contributed by atoms with Crippen LogP contribution in [0.5, 0.6) is 0 Å². The normalized spacial score (nSPS) is 33.7. The number of nitrogens with zero attached hydrogens (tertiary/aromatic N) is 2. The summed E-state index contributed by atoms with van der Waals surface area (Å²) in [6.45, 7) is 4.06. The summed E-state index contributed by atoms with van der Waals surface area (Å²) < 4.78 is 12.2. The molecule has 4 aliphatic heterocycles. The maximum Gasteiger partial charge on any atom is 0.312 e. The Morgan fingerprint density at radius 1 is 1.03 bits per heavy atom. The Morgan fingerprint density at radius 2 is 1.86 bits per heavy atom. The van der Waals surface area contributed by atoms with Gasteiger partial charge in [0.25, 0.3) is 0 Å². The number of cyclic esters (lactones) is 1. The number of ether oxygens (including phenoxy) is 2. The van der Waals surface area contributed by atoms with Crippen molar-refractivity contribution < 1.29 is 29.0 Å². The van der Waals surface area contributed by atoms with Crippen LogP contribution in [0.15, 0.2) is 24.3 Å². The molecule has 4 aliphatic rings. The van der Waals surface area contributed by atoms with Crippen molar-refractivity contribution in [2.45, 2.75) is 82.5 Å². The molecule has 8 nitrogen and oxygen atoms in total. The topological polar surface area (TPSA) is 96.4 Å². The second-order valence-corrected chi connectivity index (χ2v) is 10.1. The molecule has 0 aliphatic carbocycles. The number of carbonyl (C=O) groups excluding carboxylic acids is 3. The van der Waals surface area contributed by atoms with Gasteiger partial charge in [-0.3, -0.25) is 14.4 Å². The second kappa shape index (κ2) is 11.7. The van der Waals surface area contributed by atoms with Crippen molar-refractivity contribution in [2.75, 3.05) is 32.8 Å². The van der Waals surface area contributed by atoms with E-state index in [4.69, 9.17) is 14.6 Å². The van der Waals surface area contributed by atoms with Gasteiger partial charge in [0.2, 0.25) is 11.8 Å². The highest BCUT2D eigenvalue weighted by molar-refractivity contribution is 5.99. The van der Waals surface area contributed by atoms with Gasteiger partial charge in [0.05, 0.1) is 18.6 Å². The molecule has 35 heavy (non-hydrogen) atoms. The van der Waals surface area contributed by atoms with Gasteiger partial charge >= 0.3 is 5.97 Å². The van der Waals surface area contributed by atoms with Crippen LogP contribution in [0.2, 0.25) is 0 Å². The molecule has 2 amide bonds. The van der Waals surface area contributed by atoms with Gasteiger partial charge < -0.3 is 24.4 Å². The molecule has 0 radical (unpaired) electrons. The van der Waals surface area contributed by atoms with Crippen molar-refractivity contribution >= 4 is 17.8 Å². The summed E-state index contributed by atoms with van der Waals surface area (Å²) >= 11 is 0. The largest absolute Gasteiger partial charge is 0.465 e. The van der Waals surface area contributed by atoms with Crippen molar-refractivity contribution in [1.82, 2.24) is 9.80 Å². The zero-order valence-corrected chi connectivity index (χ0v) is 20.9. The molecule has 2 fully saturated rings. The molecule has 2 saturated heterocycles. The van der Waals surface area contributed by atoms with Crippen molar-refractivity contribution in [1.29, 1.82) is 0 Å². The highest BCUT2D eigenvalue weighted by atomic mass is 16.6. The summed E-state index contributed by atoms with van der Waals surface area (Å²) in [6, 6.07) is -0.798. The fourth-order valence-electron chi connectivity index (χ4n) is 6.03. The molecule has 194 valence electrons. The quantitative estimate of drug-likeness (QED) is 0.305. The lowest BCUT2D eigenvalue weighted by atomic mass is 9.78. The highest BCUT2D eigenvalue weighted by Gasteiger charge is 2.71. The Kier molecular flexibility index (Phi) is 8.65. The predicted octanol–water partition coefficient (Wildman–Crippen LogP) is 2.60. The minimum absolute atomic E-state index is 0.0991. The minimum atomic E-state index is -1.18. The SMILES string of the molecule is CCCCCN1CC=C[C@]23O[C@H]4/C=C\CCCCOC(=O)[C@H]4[C@H]2C(=O)N(CCCCCO)C3C1=O. The average molecular weight is 489 g/mol. The first-order valence-corrected chi connectivity index (χ1v) is 13.4. The van der Waals surface area contributed by atoms with Gasteiger partial charge in [0.1, 0.15) is 17.6 Å². The molecule has 0 bridgehead atoms. The zero-order valence-electron chi connectivity index (χ0n) is 20.9. The Hall–Kier alpha value is -2.19. The Morgan fingerprint density at radius 3 is 2.66 bits per heavy atom. The van der Waals surface area contributed by atoms with E-state index in [0.717, 1.165) is 44.9 Å². The Balaban J connectivity index is 1.69. The van der Waals surface area contributed by atoms with E-state index in [1.165, 1.54) is 0 Å². The molecule has 0 saturated carbocycles. The van der Waals surface area contributed by atoms with Crippen LogP contribution in [-0.4, -0.2) is 83.3 Å². The smallest absolute Gasteiger partial charge is 0.312 e. The molecular weight excluding hydrogens is 448 g/mol. The number of amides is 2. The fourth-order valence-corrected chi connectivity index (χ4v) is 6.03. The molecular formula is C27H40N2O6. The summed E-state index contributed by atoms with van der Waals surface area (Å²) in [5.41, 5.74) is -1.18. The number of hydrogen-bond donors (Lipinski definition) is 1. The van der Waals surface area contributed by atoms with E-state index in [2.05, 4.69) is 6.92 Å². The zero-order chi connectivity index (χ0) is 24.8. The van der Waals surface area contributed by atoms with Gasteiger partial charge in [0.15, 0.2) is 0 Å². The highest BCUT2D eigenvalue weighted by Crippen LogP contribution is 2.53. The van der Waals surface area contributed by atoms with Crippen LogP contribution in [0.25, 0.3) is 0 Å². The molecule has 1 N–H and O–H groups in total. The molecule has 0 aromatic rings. The third kappa shape index (κ3) is 5.05. The number of esters is 1. The monoisotopic (exact) mass is 488 g/mol. The molecule has 1 spiro atoms. The van der Waals surface area contributed by atoms with E-state index < -0.39 is 35.6 Å². The van der Waals surface area contributed by atoms with Crippen LogP contribution in [0.4, 0.5) is 0 Å². The van der Waals surface area contributed by atoms with Crippen LogP contribution in [0.3, 0.4) is 0 Å². The number of fused-ring (bicyclic) bond motifs is 2. The number of carbonyl (C=O) groups is 3. The Labute approximate surface area is 208 Å². The number of allylic oxidation sites excluding steroid dienone is 1. The van der Waals surface area contributed by atoms with E-state index in [-0.39, 0.29) is 18.4 Å². The van der Waals surface area contributed by atoms with Gasteiger partial charge in [-0.05, 0) is 44.9 Å². The van der Waals surface area contributed by atoms with Crippen LogP contribution >= 0.6 is 0 Å². The average Bonchev–Trinajstić information content (AvgIpc) is 3.23. The van der Waals surface area contributed by atoms with E-state index in [0.29, 0.717) is 39.1 Å². The lowest BCUT2D eigenvalue weighted by Gasteiger charge is -2.35. The summed E-state index contributed by atoms with van der Waals surface area (Å²) in [6.07, 6.45) is 14.8. The van der Waals surface area contributed by atoms with Gasteiger partial charge in [-0.2, -0.15) is 0 Å². The first-order valence-electron chi connectivity index (χ1n) is 13.4.